The number of thiazole rings is 1. The van der Waals surface area contributed by atoms with Gasteiger partial charge in [0.25, 0.3) is 5.56 Å². The van der Waals surface area contributed by atoms with Crippen LogP contribution in [-0.4, -0.2) is 16.6 Å². The first-order valence-corrected chi connectivity index (χ1v) is 12.3. The van der Waals surface area contributed by atoms with Gasteiger partial charge in [-0.05, 0) is 72.6 Å². The van der Waals surface area contributed by atoms with Crippen molar-refractivity contribution in [2.75, 3.05) is 0 Å². The smallest absolute Gasteiger partial charge is 0.338 e. The Bertz CT molecular complexity index is 1370. The highest BCUT2D eigenvalue weighted by atomic mass is 79.9. The van der Waals surface area contributed by atoms with Crippen molar-refractivity contribution in [3.8, 4) is 0 Å². The third-order valence-corrected chi connectivity index (χ3v) is 7.44. The van der Waals surface area contributed by atoms with Gasteiger partial charge in [-0.1, -0.05) is 35.1 Å². The molecule has 31 heavy (non-hydrogen) atoms. The Balaban J connectivity index is 1.95. The van der Waals surface area contributed by atoms with Crippen LogP contribution in [0.25, 0.3) is 6.08 Å². The van der Waals surface area contributed by atoms with Crippen LogP contribution in [0.15, 0.2) is 61.2 Å². The van der Waals surface area contributed by atoms with E-state index in [9.17, 15) is 9.59 Å². The molecule has 3 heterocycles. The van der Waals surface area contributed by atoms with Crippen LogP contribution in [0, 0.1) is 0 Å². The minimum Gasteiger partial charge on any atom is -0.459 e. The highest BCUT2D eigenvalue weighted by Crippen LogP contribution is 2.31. The van der Waals surface area contributed by atoms with Gasteiger partial charge in [0.2, 0.25) is 0 Å². The van der Waals surface area contributed by atoms with E-state index < -0.39 is 12.0 Å². The molecular weight excluding hydrogens is 520 g/mol. The minimum absolute atomic E-state index is 0.199. The summed E-state index contributed by atoms with van der Waals surface area (Å²) in [6.45, 7) is 5.35. The summed E-state index contributed by atoms with van der Waals surface area (Å²) in [7, 11) is 0. The molecule has 0 fully saturated rings. The van der Waals surface area contributed by atoms with Crippen LogP contribution < -0.4 is 14.9 Å². The molecule has 0 saturated carbocycles. The molecular formula is C22H18BrClN2O3S2. The number of allylic oxidation sites excluding steroid dienone is 1. The number of carbonyl (C=O) groups is 1. The first-order chi connectivity index (χ1) is 14.7. The lowest BCUT2D eigenvalue weighted by Gasteiger charge is -2.25. The number of carbonyl (C=O) groups excluding carboxylic acids is 1. The number of aromatic nitrogens is 1. The van der Waals surface area contributed by atoms with Crippen LogP contribution in [0.4, 0.5) is 0 Å². The summed E-state index contributed by atoms with van der Waals surface area (Å²) < 4.78 is 8.61. The fraction of sp³-hybridized carbons (Fsp3) is 0.227. The SMILES string of the molecule is CC1=C(C(=O)OC(C)C)C(c2ccc(Cl)cc2)n2c(s/c(=C\c3ccc(Br)s3)c2=O)=N1. The molecule has 1 unspecified atom stereocenters. The van der Waals surface area contributed by atoms with Gasteiger partial charge in [0.05, 0.1) is 31.7 Å². The van der Waals surface area contributed by atoms with Gasteiger partial charge in [-0.15, -0.1) is 11.3 Å². The quantitative estimate of drug-likeness (QED) is 0.455. The van der Waals surface area contributed by atoms with E-state index >= 15 is 0 Å². The highest BCUT2D eigenvalue weighted by molar-refractivity contribution is 9.11. The van der Waals surface area contributed by atoms with Crippen molar-refractivity contribution in [2.24, 2.45) is 4.99 Å². The van der Waals surface area contributed by atoms with E-state index in [1.54, 1.807) is 37.5 Å². The first-order valence-electron chi connectivity index (χ1n) is 9.49. The van der Waals surface area contributed by atoms with E-state index in [0.29, 0.717) is 25.6 Å². The largest absolute Gasteiger partial charge is 0.459 e. The normalized spacial score (nSPS) is 16.5. The third-order valence-electron chi connectivity index (χ3n) is 4.64. The van der Waals surface area contributed by atoms with Crippen LogP contribution in [0.2, 0.25) is 5.02 Å². The van der Waals surface area contributed by atoms with Gasteiger partial charge in [-0.25, -0.2) is 9.79 Å². The van der Waals surface area contributed by atoms with Gasteiger partial charge >= 0.3 is 5.97 Å². The summed E-state index contributed by atoms with van der Waals surface area (Å²) in [4.78, 5) is 32.5. The maximum Gasteiger partial charge on any atom is 0.338 e. The Morgan fingerprint density at radius 2 is 1.94 bits per heavy atom. The number of hydrogen-bond acceptors (Lipinski definition) is 6. The Morgan fingerprint density at radius 3 is 2.55 bits per heavy atom. The second-order valence-corrected chi connectivity index (χ2v) is 11.2. The number of halogens is 2. The van der Waals surface area contributed by atoms with Gasteiger partial charge in [-0.3, -0.25) is 9.36 Å². The van der Waals surface area contributed by atoms with Crippen LogP contribution in [0.5, 0.6) is 0 Å². The van der Waals surface area contributed by atoms with E-state index in [2.05, 4.69) is 20.9 Å². The van der Waals surface area contributed by atoms with Gasteiger partial charge < -0.3 is 4.74 Å². The lowest BCUT2D eigenvalue weighted by Crippen LogP contribution is -2.40. The Morgan fingerprint density at radius 1 is 1.23 bits per heavy atom. The second kappa shape index (κ2) is 8.86. The van der Waals surface area contributed by atoms with Crippen molar-refractivity contribution >= 4 is 62.2 Å². The molecule has 1 aromatic carbocycles. The number of ether oxygens (including phenoxy) is 1. The number of esters is 1. The lowest BCUT2D eigenvalue weighted by atomic mass is 9.96. The molecule has 1 aliphatic heterocycles. The van der Waals surface area contributed by atoms with E-state index in [1.807, 2.05) is 30.3 Å². The Kier molecular flexibility index (Phi) is 6.35. The Hall–Kier alpha value is -2.00. The van der Waals surface area contributed by atoms with E-state index in [1.165, 1.54) is 22.7 Å². The fourth-order valence-corrected chi connectivity index (χ4v) is 5.96. The van der Waals surface area contributed by atoms with Gasteiger partial charge in [0.15, 0.2) is 4.80 Å². The molecule has 0 spiro atoms. The average Bonchev–Trinajstić information content (AvgIpc) is 3.24. The van der Waals surface area contributed by atoms with Crippen LogP contribution >= 0.6 is 50.2 Å². The topological polar surface area (TPSA) is 60.7 Å². The van der Waals surface area contributed by atoms with Crippen molar-refractivity contribution in [2.45, 2.75) is 32.9 Å². The van der Waals surface area contributed by atoms with Gasteiger partial charge in [0, 0.05) is 9.90 Å². The van der Waals surface area contributed by atoms with Crippen molar-refractivity contribution in [3.05, 3.63) is 86.6 Å². The molecule has 0 N–H and O–H groups in total. The molecule has 0 amide bonds. The van der Waals surface area contributed by atoms with Crippen molar-refractivity contribution in [1.82, 2.24) is 4.57 Å². The molecule has 0 bridgehead atoms. The summed E-state index contributed by atoms with van der Waals surface area (Å²) in [5.74, 6) is -0.479. The molecule has 3 aromatic rings. The predicted octanol–water partition coefficient (Wildman–Crippen LogP) is 4.66. The fourth-order valence-electron chi connectivity index (χ4n) is 3.36. The maximum atomic E-state index is 13.4. The monoisotopic (exact) mass is 536 g/mol. The molecule has 1 atom stereocenters. The minimum atomic E-state index is -0.642. The molecule has 1 aliphatic rings. The summed E-state index contributed by atoms with van der Waals surface area (Å²) >= 11 is 12.4. The lowest BCUT2D eigenvalue weighted by molar-refractivity contribution is -0.143. The van der Waals surface area contributed by atoms with Crippen molar-refractivity contribution in [3.63, 3.8) is 0 Å². The zero-order valence-electron chi connectivity index (χ0n) is 16.9. The molecule has 2 aromatic heterocycles. The number of fused-ring (bicyclic) bond motifs is 1. The third kappa shape index (κ3) is 4.48. The standard InChI is InChI=1S/C22H18BrClN2O3S2/c1-11(2)29-21(28)18-12(3)25-22-26(19(18)13-4-6-14(24)7-5-13)20(27)16(31-22)10-15-8-9-17(23)30-15/h4-11,19H,1-3H3/b16-10-. The zero-order chi connectivity index (χ0) is 22.3. The predicted molar refractivity (Wildman–Crippen MR) is 128 cm³/mol. The van der Waals surface area contributed by atoms with Crippen LogP contribution in [-0.2, 0) is 9.53 Å². The molecule has 4 rings (SSSR count). The number of thiophene rings is 1. The molecule has 0 saturated heterocycles. The molecule has 0 aliphatic carbocycles. The highest BCUT2D eigenvalue weighted by Gasteiger charge is 2.33. The molecule has 5 nitrogen and oxygen atoms in total. The molecule has 9 heteroatoms. The number of benzene rings is 1. The summed E-state index contributed by atoms with van der Waals surface area (Å²) in [6.07, 6.45) is 1.56. The maximum absolute atomic E-state index is 13.4. The summed E-state index contributed by atoms with van der Waals surface area (Å²) in [5.41, 5.74) is 1.46. The number of hydrogen-bond donors (Lipinski definition) is 0. The van der Waals surface area contributed by atoms with Crippen LogP contribution in [0.3, 0.4) is 0 Å². The van der Waals surface area contributed by atoms with E-state index in [-0.39, 0.29) is 11.7 Å². The van der Waals surface area contributed by atoms with E-state index in [4.69, 9.17) is 16.3 Å². The zero-order valence-corrected chi connectivity index (χ0v) is 20.9. The van der Waals surface area contributed by atoms with Gasteiger partial charge in [-0.2, -0.15) is 0 Å². The van der Waals surface area contributed by atoms with Crippen LogP contribution in [0.1, 0.15) is 37.3 Å². The van der Waals surface area contributed by atoms with Gasteiger partial charge in [0.1, 0.15) is 0 Å². The first kappa shape index (κ1) is 22.2. The second-order valence-electron chi connectivity index (χ2n) is 7.23. The summed E-state index contributed by atoms with van der Waals surface area (Å²) in [5, 5.41) is 0.575. The number of rotatable bonds is 4. The average molecular weight is 538 g/mol. The molecule has 0 radical (unpaired) electrons. The number of nitrogens with zero attached hydrogens (tertiary/aromatic N) is 2. The van der Waals surface area contributed by atoms with E-state index in [0.717, 1.165) is 14.2 Å². The Labute approximate surface area is 200 Å². The molecule has 160 valence electrons. The summed E-state index contributed by atoms with van der Waals surface area (Å²) in [6, 6.07) is 10.4. The van der Waals surface area contributed by atoms with Crippen molar-refractivity contribution in [1.29, 1.82) is 0 Å². The van der Waals surface area contributed by atoms with Crippen molar-refractivity contribution < 1.29 is 9.53 Å².